The fraction of sp³-hybridized carbons (Fsp3) is 0.800. The number of rotatable bonds is 2. The quantitative estimate of drug-likeness (QED) is 0.340. The number of nitrogens with zero attached hydrogens (tertiary/aromatic N) is 1. The Balaban J connectivity index is 3.38. The lowest BCUT2D eigenvalue weighted by Gasteiger charge is -2.15. The third kappa shape index (κ3) is 7.23. The molecule has 0 aliphatic heterocycles. The van der Waals surface area contributed by atoms with Crippen molar-refractivity contribution in [1.82, 2.24) is 0 Å². The van der Waals surface area contributed by atoms with Gasteiger partial charge >= 0.3 is 0 Å². The van der Waals surface area contributed by atoms with Gasteiger partial charge in [-0.3, -0.25) is 4.94 Å². The van der Waals surface area contributed by atoms with Crippen molar-refractivity contribution >= 4 is 6.40 Å². The zero-order valence-corrected chi connectivity index (χ0v) is 5.92. The van der Waals surface area contributed by atoms with Crippen LogP contribution < -0.4 is 5.90 Å². The molecule has 54 valence electrons. The number of hydrogen-bond acceptors (Lipinski definition) is 4. The van der Waals surface area contributed by atoms with E-state index < -0.39 is 0 Å². The van der Waals surface area contributed by atoms with Gasteiger partial charge in [-0.2, -0.15) is 0 Å². The van der Waals surface area contributed by atoms with Gasteiger partial charge in [0.2, 0.25) is 6.40 Å². The first-order valence-corrected chi connectivity index (χ1v) is 2.62. The van der Waals surface area contributed by atoms with E-state index >= 15 is 0 Å². The Hall–Kier alpha value is -0.770. The van der Waals surface area contributed by atoms with Crippen molar-refractivity contribution in [3.63, 3.8) is 0 Å². The maximum absolute atomic E-state index is 4.97. The summed E-state index contributed by atoms with van der Waals surface area (Å²) in [7, 11) is 0. The van der Waals surface area contributed by atoms with Gasteiger partial charge in [-0.25, -0.2) is 0 Å². The molecule has 0 unspecified atom stereocenters. The molecule has 0 aromatic carbocycles. The molecule has 0 radical (unpaired) electrons. The molecule has 0 bridgehead atoms. The second-order valence-electron chi connectivity index (χ2n) is 2.55. The van der Waals surface area contributed by atoms with Crippen LogP contribution in [0.3, 0.4) is 0 Å². The Kier molecular flexibility index (Phi) is 3.01. The molecule has 0 spiro atoms. The van der Waals surface area contributed by atoms with Crippen molar-refractivity contribution in [3.05, 3.63) is 0 Å². The number of hydrogen-bond donors (Lipinski definition) is 1. The van der Waals surface area contributed by atoms with Crippen molar-refractivity contribution in [3.8, 4) is 0 Å². The zero-order chi connectivity index (χ0) is 7.33. The van der Waals surface area contributed by atoms with Gasteiger partial charge in [0.25, 0.3) is 0 Å². The molecule has 0 saturated carbocycles. The SMILES string of the molecule is CC(C)(C)OC=NON. The Morgan fingerprint density at radius 3 is 2.33 bits per heavy atom. The van der Waals surface area contributed by atoms with Gasteiger partial charge in [0, 0.05) is 0 Å². The predicted molar refractivity (Wildman–Crippen MR) is 34.6 cm³/mol. The van der Waals surface area contributed by atoms with E-state index in [2.05, 4.69) is 16.0 Å². The summed E-state index contributed by atoms with van der Waals surface area (Å²) in [6, 6.07) is 0. The highest BCUT2D eigenvalue weighted by Gasteiger charge is 2.07. The van der Waals surface area contributed by atoms with Crippen LogP contribution >= 0.6 is 0 Å². The number of ether oxygens (including phenoxy) is 1. The van der Waals surface area contributed by atoms with E-state index in [0.717, 1.165) is 0 Å². The maximum atomic E-state index is 4.97. The Morgan fingerprint density at radius 2 is 2.00 bits per heavy atom. The van der Waals surface area contributed by atoms with Crippen LogP contribution in [-0.2, 0) is 9.68 Å². The standard InChI is InChI=1S/C5H12N2O2/c1-5(2,3)8-4-7-9-6/h4H,6H2,1-3H3. The predicted octanol–water partition coefficient (Wildman–Crippen LogP) is 0.635. The summed E-state index contributed by atoms with van der Waals surface area (Å²) < 4.78 is 4.97. The topological polar surface area (TPSA) is 56.8 Å². The highest BCUT2D eigenvalue weighted by molar-refractivity contribution is 5.45. The molecule has 0 saturated heterocycles. The highest BCUT2D eigenvalue weighted by Crippen LogP contribution is 2.03. The lowest BCUT2D eigenvalue weighted by molar-refractivity contribution is 0.0981. The molecule has 9 heavy (non-hydrogen) atoms. The van der Waals surface area contributed by atoms with E-state index in [4.69, 9.17) is 4.74 Å². The van der Waals surface area contributed by atoms with Crippen molar-refractivity contribution in [2.75, 3.05) is 0 Å². The summed E-state index contributed by atoms with van der Waals surface area (Å²) in [6.07, 6.45) is 1.17. The zero-order valence-electron chi connectivity index (χ0n) is 5.92. The summed E-state index contributed by atoms with van der Waals surface area (Å²) in [6.45, 7) is 5.70. The molecular formula is C5H12N2O2. The molecule has 0 rings (SSSR count). The minimum Gasteiger partial charge on any atom is -0.475 e. The van der Waals surface area contributed by atoms with Gasteiger partial charge < -0.3 is 4.74 Å². The molecule has 2 N–H and O–H groups in total. The molecule has 0 fully saturated rings. The molecular weight excluding hydrogens is 120 g/mol. The van der Waals surface area contributed by atoms with Crippen molar-refractivity contribution in [2.45, 2.75) is 26.4 Å². The van der Waals surface area contributed by atoms with Crippen LogP contribution in [-0.4, -0.2) is 12.0 Å². The van der Waals surface area contributed by atoms with E-state index in [1.807, 2.05) is 20.8 Å². The average Bonchev–Trinajstić information content (AvgIpc) is 1.63. The molecule has 4 nitrogen and oxygen atoms in total. The first kappa shape index (κ1) is 8.23. The van der Waals surface area contributed by atoms with Crippen molar-refractivity contribution < 1.29 is 9.68 Å². The third-order valence-corrected chi connectivity index (χ3v) is 0.510. The van der Waals surface area contributed by atoms with Gasteiger partial charge in [0.05, 0.1) is 0 Å². The van der Waals surface area contributed by atoms with Crippen LogP contribution in [0.2, 0.25) is 0 Å². The van der Waals surface area contributed by atoms with Gasteiger partial charge in [0.15, 0.2) is 0 Å². The highest BCUT2D eigenvalue weighted by atomic mass is 16.8. The van der Waals surface area contributed by atoms with Crippen LogP contribution in [0.25, 0.3) is 0 Å². The third-order valence-electron chi connectivity index (χ3n) is 0.510. The fourth-order valence-corrected chi connectivity index (χ4v) is 0.204. The first-order valence-electron chi connectivity index (χ1n) is 2.62. The monoisotopic (exact) mass is 132 g/mol. The summed E-state index contributed by atoms with van der Waals surface area (Å²) in [5.74, 6) is 4.58. The molecule has 0 atom stereocenters. The van der Waals surface area contributed by atoms with E-state index in [1.54, 1.807) is 0 Å². The first-order chi connectivity index (χ1) is 4.06. The fourth-order valence-electron chi connectivity index (χ4n) is 0.204. The molecule has 0 amide bonds. The summed E-state index contributed by atoms with van der Waals surface area (Å²) in [5, 5.41) is 3.19. The van der Waals surface area contributed by atoms with Crippen molar-refractivity contribution in [1.29, 1.82) is 0 Å². The van der Waals surface area contributed by atoms with Crippen molar-refractivity contribution in [2.24, 2.45) is 11.1 Å². The minimum absolute atomic E-state index is 0.234. The van der Waals surface area contributed by atoms with Crippen LogP contribution in [0.15, 0.2) is 5.16 Å². The lowest BCUT2D eigenvalue weighted by Crippen LogP contribution is -2.18. The summed E-state index contributed by atoms with van der Waals surface area (Å²) >= 11 is 0. The largest absolute Gasteiger partial charge is 0.475 e. The molecule has 0 aliphatic carbocycles. The van der Waals surface area contributed by atoms with Crippen LogP contribution in [0, 0.1) is 0 Å². The molecule has 0 heterocycles. The van der Waals surface area contributed by atoms with Crippen LogP contribution in [0.5, 0.6) is 0 Å². The van der Waals surface area contributed by atoms with Gasteiger partial charge in [-0.15, -0.1) is 5.90 Å². The average molecular weight is 132 g/mol. The Bertz CT molecular complexity index is 95.6. The molecule has 0 aromatic heterocycles. The molecule has 4 heteroatoms. The Labute approximate surface area is 54.6 Å². The summed E-state index contributed by atoms with van der Waals surface area (Å²) in [5.41, 5.74) is -0.234. The smallest absolute Gasteiger partial charge is 0.215 e. The molecule has 0 aromatic rings. The summed E-state index contributed by atoms with van der Waals surface area (Å²) in [4.78, 5) is 3.88. The maximum Gasteiger partial charge on any atom is 0.215 e. The van der Waals surface area contributed by atoms with Gasteiger partial charge in [0.1, 0.15) is 5.60 Å². The van der Waals surface area contributed by atoms with Crippen LogP contribution in [0.4, 0.5) is 0 Å². The van der Waals surface area contributed by atoms with E-state index in [1.165, 1.54) is 6.40 Å². The number of nitrogens with two attached hydrogens (primary N) is 1. The lowest BCUT2D eigenvalue weighted by atomic mass is 10.2. The van der Waals surface area contributed by atoms with E-state index in [-0.39, 0.29) is 5.60 Å². The van der Waals surface area contributed by atoms with Crippen LogP contribution in [0.1, 0.15) is 20.8 Å². The number of oxime groups is 1. The second-order valence-corrected chi connectivity index (χ2v) is 2.55. The second kappa shape index (κ2) is 3.29. The molecule has 0 aliphatic rings. The minimum atomic E-state index is -0.234. The normalized spacial score (nSPS) is 12.0. The van der Waals surface area contributed by atoms with Gasteiger partial charge in [-0.1, -0.05) is 0 Å². The van der Waals surface area contributed by atoms with E-state index in [0.29, 0.717) is 0 Å². The van der Waals surface area contributed by atoms with E-state index in [9.17, 15) is 0 Å². The Morgan fingerprint density at radius 1 is 1.44 bits per heavy atom. The van der Waals surface area contributed by atoms with Gasteiger partial charge in [-0.05, 0) is 25.9 Å².